The number of hydrogen-bond donors (Lipinski definition) is 0. The molecule has 1 aromatic carbocycles. The van der Waals surface area contributed by atoms with Crippen LogP contribution in [0.5, 0.6) is 5.75 Å². The van der Waals surface area contributed by atoms with Gasteiger partial charge in [0.1, 0.15) is 5.75 Å². The van der Waals surface area contributed by atoms with E-state index in [0.717, 1.165) is 11.3 Å². The number of para-hydroxylation sites is 1. The lowest BCUT2D eigenvalue weighted by atomic mass is 9.61. The molecule has 0 amide bonds. The molecule has 0 unspecified atom stereocenters. The summed E-state index contributed by atoms with van der Waals surface area (Å²) in [7, 11) is 4.82. The highest BCUT2D eigenvalue weighted by Gasteiger charge is 2.58. The average molecular weight is 247 g/mol. The Morgan fingerprint density at radius 2 is 1.72 bits per heavy atom. The summed E-state index contributed by atoms with van der Waals surface area (Å²) in [6.07, 6.45) is 1.04. The Bertz CT molecular complexity index is 466. The third-order valence-corrected chi connectivity index (χ3v) is 3.72. The van der Waals surface area contributed by atoms with E-state index >= 15 is 0 Å². The first-order valence-electron chi connectivity index (χ1n) is 5.80. The van der Waals surface area contributed by atoms with Crippen LogP contribution in [0.2, 0.25) is 0 Å². The summed E-state index contributed by atoms with van der Waals surface area (Å²) in [6.45, 7) is 0. The molecule has 0 atom stereocenters. The highest BCUT2D eigenvalue weighted by Crippen LogP contribution is 2.54. The maximum absolute atomic E-state index is 9.52. The second-order valence-corrected chi connectivity index (χ2v) is 4.57. The van der Waals surface area contributed by atoms with Gasteiger partial charge < -0.3 is 14.2 Å². The maximum atomic E-state index is 9.52. The number of benzene rings is 1. The Kier molecular flexibility index (Phi) is 3.29. The molecule has 0 radical (unpaired) electrons. The standard InChI is InChI=1S/C14H17NO3/c1-16-12-7-5-4-6-11(12)13(10-15)8-14(9-13,17-2)18-3/h4-7H,8-9H2,1-3H3. The summed E-state index contributed by atoms with van der Waals surface area (Å²) in [5.74, 6) is 0.0937. The van der Waals surface area contributed by atoms with Gasteiger partial charge in [-0.3, -0.25) is 0 Å². The van der Waals surface area contributed by atoms with Crippen LogP contribution >= 0.6 is 0 Å². The first-order chi connectivity index (χ1) is 8.65. The quantitative estimate of drug-likeness (QED) is 0.766. The van der Waals surface area contributed by atoms with E-state index < -0.39 is 11.2 Å². The molecule has 0 heterocycles. The lowest BCUT2D eigenvalue weighted by molar-refractivity contribution is -0.269. The van der Waals surface area contributed by atoms with Crippen molar-refractivity contribution in [1.82, 2.24) is 0 Å². The Morgan fingerprint density at radius 3 is 2.22 bits per heavy atom. The van der Waals surface area contributed by atoms with Crippen LogP contribution in [-0.2, 0) is 14.9 Å². The minimum absolute atomic E-state index is 0.518. The topological polar surface area (TPSA) is 51.5 Å². The smallest absolute Gasteiger partial charge is 0.171 e. The van der Waals surface area contributed by atoms with Gasteiger partial charge in [-0.1, -0.05) is 18.2 Å². The molecule has 0 aromatic heterocycles. The summed E-state index contributed by atoms with van der Waals surface area (Å²) in [4.78, 5) is 0. The van der Waals surface area contributed by atoms with E-state index in [0.29, 0.717) is 12.8 Å². The fourth-order valence-corrected chi connectivity index (χ4v) is 2.61. The van der Waals surface area contributed by atoms with Crippen molar-refractivity contribution in [2.45, 2.75) is 24.0 Å². The van der Waals surface area contributed by atoms with Gasteiger partial charge in [0.15, 0.2) is 5.79 Å². The van der Waals surface area contributed by atoms with E-state index in [4.69, 9.17) is 14.2 Å². The van der Waals surface area contributed by atoms with Crippen LogP contribution in [-0.4, -0.2) is 27.1 Å². The molecule has 1 aromatic rings. The minimum atomic E-state index is -0.642. The highest BCUT2D eigenvalue weighted by molar-refractivity contribution is 5.46. The third kappa shape index (κ3) is 1.76. The molecule has 0 spiro atoms. The zero-order valence-electron chi connectivity index (χ0n) is 10.9. The SMILES string of the molecule is COc1ccccc1C1(C#N)CC(OC)(OC)C1. The van der Waals surface area contributed by atoms with Crippen LogP contribution in [0.1, 0.15) is 18.4 Å². The number of nitriles is 1. The van der Waals surface area contributed by atoms with Crippen LogP contribution in [0.3, 0.4) is 0 Å². The first-order valence-corrected chi connectivity index (χ1v) is 5.80. The fraction of sp³-hybridized carbons (Fsp3) is 0.500. The third-order valence-electron chi connectivity index (χ3n) is 3.72. The first kappa shape index (κ1) is 12.9. The lowest BCUT2D eigenvalue weighted by Crippen LogP contribution is -2.56. The van der Waals surface area contributed by atoms with Gasteiger partial charge >= 0.3 is 0 Å². The largest absolute Gasteiger partial charge is 0.496 e. The second kappa shape index (κ2) is 4.60. The Balaban J connectivity index is 2.35. The molecular formula is C14H17NO3. The predicted molar refractivity (Wildman–Crippen MR) is 66.3 cm³/mol. The van der Waals surface area contributed by atoms with Crippen molar-refractivity contribution in [3.8, 4) is 11.8 Å². The molecular weight excluding hydrogens is 230 g/mol. The van der Waals surface area contributed by atoms with Gasteiger partial charge in [0.2, 0.25) is 0 Å². The van der Waals surface area contributed by atoms with Crippen molar-refractivity contribution < 1.29 is 14.2 Å². The van der Waals surface area contributed by atoms with E-state index in [1.54, 1.807) is 21.3 Å². The molecule has 0 N–H and O–H groups in total. The van der Waals surface area contributed by atoms with E-state index in [1.165, 1.54) is 0 Å². The van der Waals surface area contributed by atoms with Gasteiger partial charge in [-0.2, -0.15) is 5.26 Å². The van der Waals surface area contributed by atoms with Gasteiger partial charge in [0.25, 0.3) is 0 Å². The number of ether oxygens (including phenoxy) is 3. The zero-order chi connectivity index (χ0) is 13.2. The van der Waals surface area contributed by atoms with E-state index in [2.05, 4.69) is 6.07 Å². The Hall–Kier alpha value is -1.57. The van der Waals surface area contributed by atoms with Crippen LogP contribution in [0, 0.1) is 11.3 Å². The van der Waals surface area contributed by atoms with Gasteiger partial charge in [0, 0.05) is 32.6 Å². The van der Waals surface area contributed by atoms with Crippen LogP contribution in [0.25, 0.3) is 0 Å². The Morgan fingerprint density at radius 1 is 1.11 bits per heavy atom. The summed E-state index contributed by atoms with van der Waals surface area (Å²) in [5.41, 5.74) is 0.318. The highest BCUT2D eigenvalue weighted by atomic mass is 16.7. The van der Waals surface area contributed by atoms with Crippen LogP contribution in [0.4, 0.5) is 0 Å². The number of hydrogen-bond acceptors (Lipinski definition) is 4. The lowest BCUT2D eigenvalue weighted by Gasteiger charge is -2.50. The van der Waals surface area contributed by atoms with E-state index in [1.807, 2.05) is 24.3 Å². The fourth-order valence-electron chi connectivity index (χ4n) is 2.61. The van der Waals surface area contributed by atoms with Crippen molar-refractivity contribution in [3.05, 3.63) is 29.8 Å². The van der Waals surface area contributed by atoms with Gasteiger partial charge in [-0.15, -0.1) is 0 Å². The molecule has 96 valence electrons. The molecule has 1 saturated carbocycles. The summed E-state index contributed by atoms with van der Waals surface area (Å²) in [6, 6.07) is 9.99. The van der Waals surface area contributed by atoms with Crippen molar-refractivity contribution >= 4 is 0 Å². The second-order valence-electron chi connectivity index (χ2n) is 4.57. The summed E-state index contributed by atoms with van der Waals surface area (Å²) in [5, 5.41) is 9.52. The zero-order valence-corrected chi connectivity index (χ0v) is 10.9. The maximum Gasteiger partial charge on any atom is 0.171 e. The molecule has 4 nitrogen and oxygen atoms in total. The van der Waals surface area contributed by atoms with Gasteiger partial charge in [0.05, 0.1) is 18.6 Å². The summed E-state index contributed by atoms with van der Waals surface area (Å²) >= 11 is 0. The molecule has 1 aliphatic carbocycles. The molecule has 18 heavy (non-hydrogen) atoms. The van der Waals surface area contributed by atoms with E-state index in [9.17, 15) is 5.26 Å². The molecule has 4 heteroatoms. The molecule has 0 bridgehead atoms. The van der Waals surface area contributed by atoms with Gasteiger partial charge in [-0.05, 0) is 6.07 Å². The monoisotopic (exact) mass is 247 g/mol. The normalized spacial score (nSPS) is 19.7. The molecule has 1 fully saturated rings. The number of methoxy groups -OCH3 is 3. The molecule has 2 rings (SSSR count). The van der Waals surface area contributed by atoms with Crippen molar-refractivity contribution in [1.29, 1.82) is 5.26 Å². The average Bonchev–Trinajstić information content (AvgIpc) is 2.40. The molecule has 0 saturated heterocycles. The molecule has 1 aliphatic rings. The summed E-state index contributed by atoms with van der Waals surface area (Å²) < 4.78 is 16.1. The van der Waals surface area contributed by atoms with Crippen molar-refractivity contribution in [2.75, 3.05) is 21.3 Å². The predicted octanol–water partition coefficient (Wildman–Crippen LogP) is 2.24. The van der Waals surface area contributed by atoms with Crippen LogP contribution < -0.4 is 4.74 Å². The Labute approximate surface area is 107 Å². The van der Waals surface area contributed by atoms with Gasteiger partial charge in [-0.25, -0.2) is 0 Å². The number of nitrogens with zero attached hydrogens (tertiary/aromatic N) is 1. The van der Waals surface area contributed by atoms with Crippen molar-refractivity contribution in [2.24, 2.45) is 0 Å². The van der Waals surface area contributed by atoms with E-state index in [-0.39, 0.29) is 0 Å². The minimum Gasteiger partial charge on any atom is -0.496 e. The molecule has 0 aliphatic heterocycles. The number of rotatable bonds is 4. The van der Waals surface area contributed by atoms with Crippen molar-refractivity contribution in [3.63, 3.8) is 0 Å². The van der Waals surface area contributed by atoms with Crippen LogP contribution in [0.15, 0.2) is 24.3 Å².